The first-order valence-corrected chi connectivity index (χ1v) is 18.6. The number of hydrogen-bond donors (Lipinski definition) is 1. The van der Waals surface area contributed by atoms with E-state index in [4.69, 9.17) is 14.6 Å². The van der Waals surface area contributed by atoms with Crippen LogP contribution in [0.3, 0.4) is 0 Å². The number of hydrogen-bond acceptors (Lipinski definition) is 3. The molecule has 1 atom stereocenters. The maximum absolute atomic E-state index is 11.7. The van der Waals surface area contributed by atoms with Gasteiger partial charge in [-0.3, -0.25) is 0 Å². The summed E-state index contributed by atoms with van der Waals surface area (Å²) in [6, 6.07) is 0. The molecular weight excluding hydrogens is 585 g/mol. The Kier molecular flexibility index (Phi) is 39.7. The molecule has 0 aromatic rings. The minimum Gasteiger partial charge on any atom is -0.396 e. The minimum absolute atomic E-state index is 0.315. The molecule has 0 spiro atoms. The largest absolute Gasteiger partial charge is 0.396 e. The van der Waals surface area contributed by atoms with Crippen molar-refractivity contribution < 1.29 is 27.8 Å². The Morgan fingerprint density at radius 3 is 1.17 bits per heavy atom. The highest BCUT2D eigenvalue weighted by atomic mass is 19.4. The second kappa shape index (κ2) is 33.2. The molecule has 0 saturated heterocycles. The van der Waals surface area contributed by atoms with Crippen LogP contribution in [0, 0.1) is 58.7 Å². The van der Waals surface area contributed by atoms with Crippen LogP contribution < -0.4 is 0 Å². The van der Waals surface area contributed by atoms with Gasteiger partial charge in [-0.05, 0) is 72.0 Å². The highest BCUT2D eigenvalue weighted by Crippen LogP contribution is 2.35. The van der Waals surface area contributed by atoms with Crippen LogP contribution in [0.4, 0.5) is 13.2 Å². The van der Waals surface area contributed by atoms with E-state index in [9.17, 15) is 13.2 Å². The van der Waals surface area contributed by atoms with Crippen molar-refractivity contribution in [1.29, 1.82) is 0 Å². The fourth-order valence-electron chi connectivity index (χ4n) is 3.78. The standard InChI is InChI=1S/C8H18O.C8H18.C7H14.C6H11F3.C6H14O.C5H12O/c1-7(2)8(3,4)6-9-5;1-5-8(6-2)7(3)4;1-6(2)5-7-3-4-7;1-4(2)5(3)6(7,8)9;1-6(2)4-5-7-3;1-5(2)3-4-6/h7H,6H2,1-5H3;7-8H,5-6H2,1-4H3;6-7H,3-5H2,1-2H3;4-5H,1-3H3;6H,4-5H2,1-3H3;5-6H,3-4H2,1-2H3. The lowest BCUT2D eigenvalue weighted by atomic mass is 9.82. The van der Waals surface area contributed by atoms with Crippen LogP contribution in [0.1, 0.15) is 163 Å². The van der Waals surface area contributed by atoms with Gasteiger partial charge < -0.3 is 14.6 Å². The molecule has 0 aromatic carbocycles. The van der Waals surface area contributed by atoms with Crippen molar-refractivity contribution in [2.75, 3.05) is 34.0 Å². The number of ether oxygens (including phenoxy) is 2. The van der Waals surface area contributed by atoms with Crippen LogP contribution in [0.2, 0.25) is 0 Å². The lowest BCUT2D eigenvalue weighted by Crippen LogP contribution is -2.24. The molecule has 1 fully saturated rings. The second-order valence-electron chi connectivity index (χ2n) is 16.1. The fraction of sp³-hybridized carbons (Fsp3) is 1.00. The zero-order chi connectivity index (χ0) is 37.7. The summed E-state index contributed by atoms with van der Waals surface area (Å²) in [5, 5.41) is 8.24. The van der Waals surface area contributed by atoms with Crippen molar-refractivity contribution >= 4 is 0 Å². The molecule has 46 heavy (non-hydrogen) atoms. The summed E-state index contributed by atoms with van der Waals surface area (Å²) in [6.45, 7) is 37.6. The summed E-state index contributed by atoms with van der Waals surface area (Å²) in [5.74, 6) is 4.52. The summed E-state index contributed by atoms with van der Waals surface area (Å²) >= 11 is 0. The van der Waals surface area contributed by atoms with Crippen molar-refractivity contribution in [2.24, 2.45) is 58.7 Å². The van der Waals surface area contributed by atoms with Gasteiger partial charge in [-0.1, -0.05) is 143 Å². The normalized spacial score (nSPS) is 13.7. The lowest BCUT2D eigenvalue weighted by Gasteiger charge is -2.27. The summed E-state index contributed by atoms with van der Waals surface area (Å²) in [5.41, 5.74) is 0.328. The number of alkyl halides is 3. The smallest absolute Gasteiger partial charge is 0.391 e. The summed E-state index contributed by atoms with van der Waals surface area (Å²) < 4.78 is 45.0. The first-order chi connectivity index (χ1) is 20.9. The quantitative estimate of drug-likeness (QED) is 0.200. The summed E-state index contributed by atoms with van der Waals surface area (Å²) in [6.07, 6.45) is 5.27. The van der Waals surface area contributed by atoms with Crippen LogP contribution >= 0.6 is 0 Å². The van der Waals surface area contributed by atoms with Gasteiger partial charge in [0, 0.05) is 27.4 Å². The highest BCUT2D eigenvalue weighted by Gasteiger charge is 2.37. The molecule has 0 bridgehead atoms. The first kappa shape index (κ1) is 55.1. The average molecular weight is 673 g/mol. The van der Waals surface area contributed by atoms with E-state index in [-0.39, 0.29) is 5.92 Å². The van der Waals surface area contributed by atoms with Gasteiger partial charge in [0.2, 0.25) is 0 Å². The van der Waals surface area contributed by atoms with E-state index in [1.54, 1.807) is 28.1 Å². The van der Waals surface area contributed by atoms with Crippen molar-refractivity contribution in [2.45, 2.75) is 169 Å². The van der Waals surface area contributed by atoms with Crippen LogP contribution in [0.15, 0.2) is 0 Å². The van der Waals surface area contributed by atoms with Crippen LogP contribution in [0.25, 0.3) is 0 Å². The van der Waals surface area contributed by atoms with Gasteiger partial charge in [0.25, 0.3) is 0 Å². The van der Waals surface area contributed by atoms with E-state index in [1.807, 2.05) is 0 Å². The van der Waals surface area contributed by atoms with Crippen LogP contribution in [-0.4, -0.2) is 45.3 Å². The molecule has 0 heterocycles. The molecule has 0 aromatic heterocycles. The van der Waals surface area contributed by atoms with Crippen LogP contribution in [0.5, 0.6) is 0 Å². The van der Waals surface area contributed by atoms with Gasteiger partial charge >= 0.3 is 6.18 Å². The SMILES string of the molecule is CC(C)C(C)C(F)(F)F.CC(C)CC1CC1.CC(C)CCO.CCC(CC)C(C)C.COCC(C)(C)C(C)C.COCCC(C)C. The predicted octanol–water partition coefficient (Wildman–Crippen LogP) is 13.4. The molecule has 1 saturated carbocycles. The number of halogens is 3. The Morgan fingerprint density at radius 2 is 1.11 bits per heavy atom. The van der Waals surface area contributed by atoms with Gasteiger partial charge in [-0.2, -0.15) is 13.2 Å². The van der Waals surface area contributed by atoms with Gasteiger partial charge in [0.15, 0.2) is 0 Å². The number of methoxy groups -OCH3 is 2. The van der Waals surface area contributed by atoms with E-state index >= 15 is 0 Å². The summed E-state index contributed by atoms with van der Waals surface area (Å²) in [7, 11) is 3.49. The Morgan fingerprint density at radius 1 is 0.674 bits per heavy atom. The Balaban J connectivity index is -0.000000147. The third kappa shape index (κ3) is 45.8. The van der Waals surface area contributed by atoms with E-state index in [0.29, 0.717) is 23.9 Å². The Labute approximate surface area is 289 Å². The summed E-state index contributed by atoms with van der Waals surface area (Å²) in [4.78, 5) is 0. The molecule has 286 valence electrons. The third-order valence-electron chi connectivity index (χ3n) is 8.69. The third-order valence-corrected chi connectivity index (χ3v) is 8.69. The molecule has 0 amide bonds. The van der Waals surface area contributed by atoms with Crippen molar-refractivity contribution in [1.82, 2.24) is 0 Å². The van der Waals surface area contributed by atoms with Crippen molar-refractivity contribution in [3.05, 3.63) is 0 Å². The first-order valence-electron chi connectivity index (χ1n) is 18.6. The number of aliphatic hydroxyl groups excluding tert-OH is 1. The molecule has 0 radical (unpaired) electrons. The molecule has 1 N–H and O–H groups in total. The number of aliphatic hydroxyl groups is 1. The molecule has 0 aliphatic heterocycles. The van der Waals surface area contributed by atoms with Crippen molar-refractivity contribution in [3.63, 3.8) is 0 Å². The van der Waals surface area contributed by atoms with E-state index in [1.165, 1.54) is 45.4 Å². The molecule has 3 nitrogen and oxygen atoms in total. The lowest BCUT2D eigenvalue weighted by molar-refractivity contribution is -0.180. The molecule has 1 aliphatic carbocycles. The van der Waals surface area contributed by atoms with E-state index < -0.39 is 12.1 Å². The molecule has 1 unspecified atom stereocenters. The Bertz CT molecular complexity index is 577. The van der Waals surface area contributed by atoms with E-state index in [2.05, 4.69) is 96.9 Å². The average Bonchev–Trinajstić information content (AvgIpc) is 3.72. The molecule has 6 heteroatoms. The number of rotatable bonds is 14. The minimum atomic E-state index is -4.02. The predicted molar refractivity (Wildman–Crippen MR) is 200 cm³/mol. The van der Waals surface area contributed by atoms with Gasteiger partial charge in [-0.25, -0.2) is 0 Å². The zero-order valence-corrected chi connectivity index (χ0v) is 34.7. The van der Waals surface area contributed by atoms with Crippen LogP contribution in [-0.2, 0) is 9.47 Å². The van der Waals surface area contributed by atoms with Gasteiger partial charge in [-0.15, -0.1) is 0 Å². The van der Waals surface area contributed by atoms with Gasteiger partial charge in [0.1, 0.15) is 0 Å². The molecule has 1 aliphatic rings. The van der Waals surface area contributed by atoms with Gasteiger partial charge in [0.05, 0.1) is 12.5 Å². The monoisotopic (exact) mass is 673 g/mol. The van der Waals surface area contributed by atoms with E-state index in [0.717, 1.165) is 49.2 Å². The zero-order valence-electron chi connectivity index (χ0n) is 34.7. The Hall–Kier alpha value is -0.330. The maximum Gasteiger partial charge on any atom is 0.391 e. The molecular formula is C40H87F3O3. The topological polar surface area (TPSA) is 38.7 Å². The molecule has 1 rings (SSSR count). The van der Waals surface area contributed by atoms with Crippen molar-refractivity contribution in [3.8, 4) is 0 Å². The fourth-order valence-corrected chi connectivity index (χ4v) is 3.78. The maximum atomic E-state index is 11.7. The highest BCUT2D eigenvalue weighted by molar-refractivity contribution is 4.73. The second-order valence-corrected chi connectivity index (χ2v) is 16.1.